The number of oxazole rings is 1. The summed E-state index contributed by atoms with van der Waals surface area (Å²) in [5.41, 5.74) is 1.57. The maximum atomic E-state index is 13.0. The van der Waals surface area contributed by atoms with Crippen LogP contribution in [0, 0.1) is 6.92 Å². The van der Waals surface area contributed by atoms with Crippen molar-refractivity contribution in [2.45, 2.75) is 52.0 Å². The molecule has 1 atom stereocenters. The lowest BCUT2D eigenvalue weighted by molar-refractivity contribution is -0.131. The second kappa shape index (κ2) is 7.58. The Morgan fingerprint density at radius 1 is 1.25 bits per heavy atom. The predicted molar refractivity (Wildman–Crippen MR) is 102 cm³/mol. The topological polar surface area (TPSA) is 85.3 Å². The fourth-order valence-corrected chi connectivity index (χ4v) is 3.48. The SMILES string of the molecule is Cc1oc(-c2ccccc2)nc1CC(=O)N1CCC[C@H]1c1nc(C(C)C)no1. The number of rotatable bonds is 5. The molecule has 0 aliphatic carbocycles. The van der Waals surface area contributed by atoms with Crippen molar-refractivity contribution < 1.29 is 13.7 Å². The van der Waals surface area contributed by atoms with Crippen LogP contribution in [0.1, 0.15) is 61.8 Å². The zero-order valence-electron chi connectivity index (χ0n) is 16.4. The quantitative estimate of drug-likeness (QED) is 0.663. The Balaban J connectivity index is 1.50. The van der Waals surface area contributed by atoms with Crippen LogP contribution in [0.2, 0.25) is 0 Å². The van der Waals surface area contributed by atoms with Gasteiger partial charge in [-0.1, -0.05) is 37.2 Å². The van der Waals surface area contributed by atoms with E-state index in [4.69, 9.17) is 8.94 Å². The number of carbonyl (C=O) groups excluding carboxylic acids is 1. The van der Waals surface area contributed by atoms with Gasteiger partial charge < -0.3 is 13.8 Å². The van der Waals surface area contributed by atoms with Crippen LogP contribution in [0.15, 0.2) is 39.3 Å². The van der Waals surface area contributed by atoms with Gasteiger partial charge in [0, 0.05) is 18.0 Å². The van der Waals surface area contributed by atoms with Gasteiger partial charge in [0.15, 0.2) is 5.82 Å². The number of likely N-dealkylation sites (tertiary alicyclic amines) is 1. The summed E-state index contributed by atoms with van der Waals surface area (Å²) in [7, 11) is 0. The minimum atomic E-state index is -0.159. The molecule has 0 saturated carbocycles. The standard InChI is InChI=1S/C21H24N4O3/c1-13(2)19-23-21(28-24-19)17-10-7-11-25(17)18(26)12-16-14(3)27-20(22-16)15-8-5-4-6-9-15/h4-6,8-9,13,17H,7,10-12H2,1-3H3/t17-/m0/s1. The number of hydrogen-bond donors (Lipinski definition) is 0. The molecule has 1 aromatic carbocycles. The Labute approximate surface area is 163 Å². The van der Waals surface area contributed by atoms with E-state index in [1.54, 1.807) is 0 Å². The summed E-state index contributed by atoms with van der Waals surface area (Å²) >= 11 is 0. The molecule has 7 nitrogen and oxygen atoms in total. The van der Waals surface area contributed by atoms with Gasteiger partial charge in [-0.3, -0.25) is 4.79 Å². The van der Waals surface area contributed by atoms with E-state index < -0.39 is 0 Å². The summed E-state index contributed by atoms with van der Waals surface area (Å²) in [6.07, 6.45) is 1.95. The molecule has 0 bridgehead atoms. The van der Waals surface area contributed by atoms with Gasteiger partial charge in [0.05, 0.1) is 12.1 Å². The summed E-state index contributed by atoms with van der Waals surface area (Å²) in [5, 5.41) is 4.04. The molecule has 0 radical (unpaired) electrons. The molecular weight excluding hydrogens is 356 g/mol. The zero-order chi connectivity index (χ0) is 19.7. The average molecular weight is 380 g/mol. The summed E-state index contributed by atoms with van der Waals surface area (Å²) in [5.74, 6) is 2.60. The van der Waals surface area contributed by atoms with E-state index in [-0.39, 0.29) is 24.3 Å². The smallest absolute Gasteiger partial charge is 0.249 e. The van der Waals surface area contributed by atoms with Crippen LogP contribution in [-0.2, 0) is 11.2 Å². The van der Waals surface area contributed by atoms with E-state index >= 15 is 0 Å². The normalized spacial score (nSPS) is 16.9. The first-order valence-electron chi connectivity index (χ1n) is 9.67. The molecule has 2 aromatic heterocycles. The highest BCUT2D eigenvalue weighted by Crippen LogP contribution is 2.32. The van der Waals surface area contributed by atoms with Gasteiger partial charge in [-0.05, 0) is 31.9 Å². The molecule has 1 aliphatic rings. The zero-order valence-corrected chi connectivity index (χ0v) is 16.4. The van der Waals surface area contributed by atoms with E-state index in [9.17, 15) is 4.79 Å². The lowest BCUT2D eigenvalue weighted by Gasteiger charge is -2.21. The Hall–Kier alpha value is -2.96. The molecular formula is C21H24N4O3. The molecule has 0 unspecified atom stereocenters. The van der Waals surface area contributed by atoms with Crippen molar-refractivity contribution in [3.05, 3.63) is 53.5 Å². The number of hydrogen-bond acceptors (Lipinski definition) is 6. The number of amides is 1. The van der Waals surface area contributed by atoms with Gasteiger partial charge >= 0.3 is 0 Å². The molecule has 28 heavy (non-hydrogen) atoms. The lowest BCUT2D eigenvalue weighted by atomic mass is 10.2. The average Bonchev–Trinajstić information content (AvgIpc) is 3.42. The van der Waals surface area contributed by atoms with Crippen molar-refractivity contribution in [1.82, 2.24) is 20.0 Å². The van der Waals surface area contributed by atoms with Crippen molar-refractivity contribution in [3.8, 4) is 11.5 Å². The molecule has 146 valence electrons. The fourth-order valence-electron chi connectivity index (χ4n) is 3.48. The second-order valence-electron chi connectivity index (χ2n) is 7.46. The Kier molecular flexibility index (Phi) is 4.98. The molecule has 1 amide bonds. The molecule has 3 aromatic rings. The first-order chi connectivity index (χ1) is 13.5. The minimum Gasteiger partial charge on any atom is -0.441 e. The number of aromatic nitrogens is 3. The first kappa shape index (κ1) is 18.4. The van der Waals surface area contributed by atoms with Crippen LogP contribution < -0.4 is 0 Å². The van der Waals surface area contributed by atoms with Gasteiger partial charge in [-0.25, -0.2) is 4.98 Å². The molecule has 7 heteroatoms. The van der Waals surface area contributed by atoms with Crippen LogP contribution in [0.5, 0.6) is 0 Å². The van der Waals surface area contributed by atoms with Crippen molar-refractivity contribution in [1.29, 1.82) is 0 Å². The van der Waals surface area contributed by atoms with Crippen molar-refractivity contribution in [2.75, 3.05) is 6.54 Å². The van der Waals surface area contributed by atoms with E-state index in [1.165, 1.54) is 0 Å². The van der Waals surface area contributed by atoms with E-state index in [0.717, 1.165) is 18.4 Å². The fraction of sp³-hybridized carbons (Fsp3) is 0.429. The predicted octanol–water partition coefficient (Wildman–Crippen LogP) is 4.06. The summed E-state index contributed by atoms with van der Waals surface area (Å²) in [6.45, 7) is 6.56. The molecule has 1 aliphatic heterocycles. The van der Waals surface area contributed by atoms with E-state index in [1.807, 2.05) is 56.0 Å². The molecule has 0 N–H and O–H groups in total. The van der Waals surface area contributed by atoms with Crippen LogP contribution in [0.4, 0.5) is 0 Å². The van der Waals surface area contributed by atoms with Crippen molar-refractivity contribution >= 4 is 5.91 Å². The first-order valence-corrected chi connectivity index (χ1v) is 9.67. The third kappa shape index (κ3) is 3.56. The van der Waals surface area contributed by atoms with E-state index in [2.05, 4.69) is 15.1 Å². The number of benzene rings is 1. The van der Waals surface area contributed by atoms with Gasteiger partial charge in [-0.2, -0.15) is 4.98 Å². The molecule has 1 fully saturated rings. The molecule has 3 heterocycles. The largest absolute Gasteiger partial charge is 0.441 e. The Bertz CT molecular complexity index is 961. The highest BCUT2D eigenvalue weighted by molar-refractivity contribution is 5.79. The summed E-state index contributed by atoms with van der Waals surface area (Å²) in [4.78, 5) is 23.9. The van der Waals surface area contributed by atoms with Crippen LogP contribution in [-0.4, -0.2) is 32.5 Å². The third-order valence-electron chi connectivity index (χ3n) is 5.06. The van der Waals surface area contributed by atoms with Crippen LogP contribution in [0.25, 0.3) is 11.5 Å². The van der Waals surface area contributed by atoms with Gasteiger partial charge in [-0.15, -0.1) is 0 Å². The van der Waals surface area contributed by atoms with Crippen molar-refractivity contribution in [3.63, 3.8) is 0 Å². The van der Waals surface area contributed by atoms with Gasteiger partial charge in [0.2, 0.25) is 17.7 Å². The number of carbonyl (C=O) groups is 1. The van der Waals surface area contributed by atoms with Crippen LogP contribution in [0.3, 0.4) is 0 Å². The summed E-state index contributed by atoms with van der Waals surface area (Å²) < 4.78 is 11.2. The van der Waals surface area contributed by atoms with Crippen molar-refractivity contribution in [2.24, 2.45) is 0 Å². The number of nitrogens with zero attached hydrogens (tertiary/aromatic N) is 4. The molecule has 4 rings (SSSR count). The second-order valence-corrected chi connectivity index (χ2v) is 7.46. The Morgan fingerprint density at radius 3 is 2.75 bits per heavy atom. The van der Waals surface area contributed by atoms with Gasteiger partial charge in [0.1, 0.15) is 11.8 Å². The molecule has 0 spiro atoms. The highest BCUT2D eigenvalue weighted by Gasteiger charge is 2.34. The highest BCUT2D eigenvalue weighted by atomic mass is 16.5. The monoisotopic (exact) mass is 380 g/mol. The lowest BCUT2D eigenvalue weighted by Crippen LogP contribution is -2.32. The van der Waals surface area contributed by atoms with E-state index in [0.29, 0.717) is 35.6 Å². The molecule has 1 saturated heterocycles. The minimum absolute atomic E-state index is 0.00260. The number of aryl methyl sites for hydroxylation is 1. The Morgan fingerprint density at radius 2 is 2.04 bits per heavy atom. The maximum Gasteiger partial charge on any atom is 0.249 e. The third-order valence-corrected chi connectivity index (χ3v) is 5.06. The van der Waals surface area contributed by atoms with Crippen LogP contribution >= 0.6 is 0 Å². The summed E-state index contributed by atoms with van der Waals surface area (Å²) in [6, 6.07) is 9.53. The maximum absolute atomic E-state index is 13.0. The van der Waals surface area contributed by atoms with Gasteiger partial charge in [0.25, 0.3) is 0 Å².